The molecule has 110 valence electrons. The Hall–Kier alpha value is -2.13. The molecule has 0 bridgehead atoms. The lowest BCUT2D eigenvalue weighted by Gasteiger charge is -2.41. The van der Waals surface area contributed by atoms with Crippen molar-refractivity contribution in [3.8, 4) is 0 Å². The zero-order valence-electron chi connectivity index (χ0n) is 12.5. The van der Waals surface area contributed by atoms with Crippen LogP contribution in [0.4, 0.5) is 20.8 Å². The Morgan fingerprint density at radius 2 is 1.68 bits per heavy atom. The van der Waals surface area contributed by atoms with Crippen LogP contribution in [0.5, 0.6) is 0 Å². The first-order chi connectivity index (χ1) is 10.6. The number of fused-ring (bicyclic) bond motifs is 2. The number of thiophene rings is 1. The van der Waals surface area contributed by atoms with Crippen molar-refractivity contribution in [2.24, 2.45) is 0 Å². The Morgan fingerprint density at radius 1 is 0.909 bits per heavy atom. The lowest BCUT2D eigenvalue weighted by Crippen LogP contribution is -2.30. The fourth-order valence-corrected chi connectivity index (χ4v) is 4.08. The first-order valence-electron chi connectivity index (χ1n) is 7.32. The van der Waals surface area contributed by atoms with Gasteiger partial charge in [0.25, 0.3) is 0 Å². The molecule has 1 aliphatic rings. The van der Waals surface area contributed by atoms with Crippen LogP contribution in [0, 0.1) is 5.82 Å². The molecule has 1 aromatic heterocycles. The average molecular weight is 309 g/mol. The van der Waals surface area contributed by atoms with Crippen molar-refractivity contribution in [1.29, 1.82) is 0 Å². The molecule has 3 aromatic rings. The minimum Gasteiger partial charge on any atom is -0.301 e. The molecular formula is C19H16FNS. The number of hydrogen-bond acceptors (Lipinski definition) is 2. The molecule has 1 nitrogen and oxygen atoms in total. The molecule has 0 unspecified atom stereocenters. The Bertz CT molecular complexity index is 836. The van der Waals surface area contributed by atoms with Crippen molar-refractivity contribution in [3.05, 3.63) is 76.9 Å². The van der Waals surface area contributed by atoms with Crippen molar-refractivity contribution >= 4 is 27.7 Å². The Kier molecular flexibility index (Phi) is 2.88. The van der Waals surface area contributed by atoms with Gasteiger partial charge in [-0.25, -0.2) is 4.39 Å². The van der Waals surface area contributed by atoms with E-state index >= 15 is 0 Å². The highest BCUT2D eigenvalue weighted by atomic mass is 32.1. The third kappa shape index (κ3) is 1.82. The van der Waals surface area contributed by atoms with Crippen molar-refractivity contribution in [3.63, 3.8) is 0 Å². The Labute approximate surface area is 133 Å². The summed E-state index contributed by atoms with van der Waals surface area (Å²) in [5.74, 6) is -0.199. The minimum atomic E-state index is -0.199. The highest BCUT2D eigenvalue weighted by molar-refractivity contribution is 7.14. The molecule has 0 fully saturated rings. The van der Waals surface area contributed by atoms with Crippen LogP contribution in [0.2, 0.25) is 0 Å². The van der Waals surface area contributed by atoms with Crippen LogP contribution in [-0.4, -0.2) is 0 Å². The number of para-hydroxylation sites is 1. The summed E-state index contributed by atoms with van der Waals surface area (Å²) in [6.07, 6.45) is 0. The van der Waals surface area contributed by atoms with E-state index in [-0.39, 0.29) is 11.2 Å². The molecule has 0 saturated heterocycles. The molecule has 0 saturated carbocycles. The minimum absolute atomic E-state index is 0.145. The zero-order valence-corrected chi connectivity index (χ0v) is 13.3. The molecule has 0 N–H and O–H groups in total. The van der Waals surface area contributed by atoms with Gasteiger partial charge in [-0.2, -0.15) is 0 Å². The van der Waals surface area contributed by atoms with Gasteiger partial charge >= 0.3 is 0 Å². The van der Waals surface area contributed by atoms with Gasteiger partial charge in [0, 0.05) is 5.41 Å². The Balaban J connectivity index is 2.07. The van der Waals surface area contributed by atoms with Gasteiger partial charge in [-0.3, -0.25) is 0 Å². The number of hydrogen-bond donors (Lipinski definition) is 0. The van der Waals surface area contributed by atoms with E-state index in [4.69, 9.17) is 0 Å². The standard InChI is InChI=1S/C19H16FNS/c1-19(2)14-6-3-4-7-16(14)21(18-8-5-11-22-18)17-12-13(20)9-10-15(17)19/h3-12H,1-2H3. The lowest BCUT2D eigenvalue weighted by atomic mass is 9.74. The van der Waals surface area contributed by atoms with Crippen molar-refractivity contribution in [2.75, 3.05) is 4.90 Å². The zero-order chi connectivity index (χ0) is 15.3. The maximum absolute atomic E-state index is 13.9. The summed E-state index contributed by atoms with van der Waals surface area (Å²) in [5.41, 5.74) is 4.34. The van der Waals surface area contributed by atoms with Crippen LogP contribution in [-0.2, 0) is 5.41 Å². The molecule has 22 heavy (non-hydrogen) atoms. The van der Waals surface area contributed by atoms with Gasteiger partial charge in [0.1, 0.15) is 5.82 Å². The fourth-order valence-electron chi connectivity index (χ4n) is 3.32. The number of anilines is 3. The molecule has 0 amide bonds. The van der Waals surface area contributed by atoms with Crippen molar-refractivity contribution < 1.29 is 4.39 Å². The molecule has 2 aromatic carbocycles. The van der Waals surface area contributed by atoms with E-state index in [1.165, 1.54) is 5.56 Å². The van der Waals surface area contributed by atoms with E-state index in [1.807, 2.05) is 18.2 Å². The summed E-state index contributed by atoms with van der Waals surface area (Å²) in [6.45, 7) is 4.41. The summed E-state index contributed by atoms with van der Waals surface area (Å²) >= 11 is 1.67. The second-order valence-electron chi connectivity index (χ2n) is 6.09. The Morgan fingerprint density at radius 3 is 2.45 bits per heavy atom. The quantitative estimate of drug-likeness (QED) is 0.533. The third-order valence-electron chi connectivity index (χ3n) is 4.42. The smallest absolute Gasteiger partial charge is 0.125 e. The first-order valence-corrected chi connectivity index (χ1v) is 8.20. The van der Waals surface area contributed by atoms with E-state index in [9.17, 15) is 4.39 Å². The summed E-state index contributed by atoms with van der Waals surface area (Å²) < 4.78 is 13.9. The second-order valence-corrected chi connectivity index (χ2v) is 7.02. The predicted octanol–water partition coefficient (Wildman–Crippen LogP) is 6.00. The van der Waals surface area contributed by atoms with Gasteiger partial charge in [-0.1, -0.05) is 38.1 Å². The van der Waals surface area contributed by atoms with Gasteiger partial charge in [-0.05, 0) is 46.8 Å². The maximum atomic E-state index is 13.9. The number of nitrogens with zero attached hydrogens (tertiary/aromatic N) is 1. The summed E-state index contributed by atoms with van der Waals surface area (Å²) in [4.78, 5) is 2.17. The van der Waals surface area contributed by atoms with Crippen LogP contribution in [0.25, 0.3) is 0 Å². The molecule has 4 rings (SSSR count). The fraction of sp³-hybridized carbons (Fsp3) is 0.158. The molecular weight excluding hydrogens is 293 g/mol. The molecule has 1 aliphatic heterocycles. The highest BCUT2D eigenvalue weighted by Crippen LogP contribution is 2.52. The highest BCUT2D eigenvalue weighted by Gasteiger charge is 2.36. The lowest BCUT2D eigenvalue weighted by molar-refractivity contribution is 0.609. The van der Waals surface area contributed by atoms with Crippen LogP contribution in [0.15, 0.2) is 60.0 Å². The van der Waals surface area contributed by atoms with E-state index in [0.29, 0.717) is 0 Å². The molecule has 3 heteroatoms. The summed E-state index contributed by atoms with van der Waals surface area (Å²) in [5, 5.41) is 3.16. The van der Waals surface area contributed by atoms with Crippen LogP contribution in [0.1, 0.15) is 25.0 Å². The van der Waals surface area contributed by atoms with E-state index in [0.717, 1.165) is 21.9 Å². The number of halogens is 1. The molecule has 2 heterocycles. The average Bonchev–Trinajstić information content (AvgIpc) is 3.01. The molecule has 0 spiro atoms. The third-order valence-corrected chi connectivity index (χ3v) is 5.27. The number of rotatable bonds is 1. The van der Waals surface area contributed by atoms with Crippen molar-refractivity contribution in [2.45, 2.75) is 19.3 Å². The topological polar surface area (TPSA) is 3.24 Å². The van der Waals surface area contributed by atoms with Crippen LogP contribution in [0.3, 0.4) is 0 Å². The van der Waals surface area contributed by atoms with Crippen LogP contribution < -0.4 is 4.90 Å². The van der Waals surface area contributed by atoms with Crippen LogP contribution >= 0.6 is 11.3 Å². The van der Waals surface area contributed by atoms with E-state index < -0.39 is 0 Å². The SMILES string of the molecule is CC1(C)c2ccccc2N(c2cccs2)c2cc(F)ccc21. The molecule has 0 aliphatic carbocycles. The maximum Gasteiger partial charge on any atom is 0.125 e. The first kappa shape index (κ1) is 13.5. The normalized spacial score (nSPS) is 15.3. The monoisotopic (exact) mass is 309 g/mol. The van der Waals surface area contributed by atoms with Crippen molar-refractivity contribution in [1.82, 2.24) is 0 Å². The predicted molar refractivity (Wildman–Crippen MR) is 91.1 cm³/mol. The molecule has 0 atom stereocenters. The summed E-state index contributed by atoms with van der Waals surface area (Å²) in [6, 6.07) is 17.6. The van der Waals surface area contributed by atoms with Gasteiger partial charge in [0.15, 0.2) is 0 Å². The summed E-state index contributed by atoms with van der Waals surface area (Å²) in [7, 11) is 0. The van der Waals surface area contributed by atoms with E-state index in [1.54, 1.807) is 23.5 Å². The number of benzene rings is 2. The largest absolute Gasteiger partial charge is 0.301 e. The van der Waals surface area contributed by atoms with Gasteiger partial charge < -0.3 is 4.90 Å². The van der Waals surface area contributed by atoms with Gasteiger partial charge in [0.2, 0.25) is 0 Å². The second kappa shape index (κ2) is 4.68. The molecule has 0 radical (unpaired) electrons. The van der Waals surface area contributed by atoms with Gasteiger partial charge in [-0.15, -0.1) is 11.3 Å². The van der Waals surface area contributed by atoms with Gasteiger partial charge in [0.05, 0.1) is 16.4 Å². The van der Waals surface area contributed by atoms with E-state index in [2.05, 4.69) is 48.4 Å².